The molecule has 0 saturated carbocycles. The average Bonchev–Trinajstić information content (AvgIpc) is 2.49. The van der Waals surface area contributed by atoms with E-state index in [2.05, 4.69) is 6.07 Å². The fourth-order valence-corrected chi connectivity index (χ4v) is 2.20. The lowest BCUT2D eigenvalue weighted by molar-refractivity contribution is -0.384. The van der Waals surface area contributed by atoms with Crippen molar-refractivity contribution in [2.24, 2.45) is 0 Å². The number of benzene rings is 2. The predicted octanol–water partition coefficient (Wildman–Crippen LogP) is 4.30. The molecule has 0 fully saturated rings. The molecule has 2 aromatic rings. The molecular formula is C15H12ClN3O2. The standard InChI is InChI=1S/C15H12ClN3O2/c16-12-7-8-14(15(11-12)19(20)21)18(10-4-9-17)13-5-2-1-3-6-13/h1-3,5-8,11H,4,10H2. The molecule has 21 heavy (non-hydrogen) atoms. The van der Waals surface area contributed by atoms with Gasteiger partial charge in [0.1, 0.15) is 5.69 Å². The molecule has 0 bridgehead atoms. The van der Waals surface area contributed by atoms with Gasteiger partial charge in [-0.25, -0.2) is 0 Å². The van der Waals surface area contributed by atoms with Crippen molar-refractivity contribution >= 4 is 28.7 Å². The number of para-hydroxylation sites is 1. The van der Waals surface area contributed by atoms with E-state index in [9.17, 15) is 10.1 Å². The number of hydrogen-bond acceptors (Lipinski definition) is 4. The molecule has 0 unspecified atom stereocenters. The summed E-state index contributed by atoms with van der Waals surface area (Å²) in [7, 11) is 0. The SMILES string of the molecule is N#CCCN(c1ccccc1)c1ccc(Cl)cc1[N+](=O)[O-]. The number of nitriles is 1. The minimum absolute atomic E-state index is 0.0794. The number of nitrogens with zero attached hydrogens (tertiary/aromatic N) is 3. The van der Waals surface area contributed by atoms with Crippen LogP contribution in [0.1, 0.15) is 6.42 Å². The minimum atomic E-state index is -0.469. The maximum absolute atomic E-state index is 11.2. The lowest BCUT2D eigenvalue weighted by Crippen LogP contribution is -2.19. The Morgan fingerprint density at radius 3 is 2.57 bits per heavy atom. The number of anilines is 2. The third-order valence-electron chi connectivity index (χ3n) is 2.94. The Hall–Kier alpha value is -2.58. The van der Waals surface area contributed by atoms with Gasteiger partial charge in [0.25, 0.3) is 5.69 Å². The van der Waals surface area contributed by atoms with Gasteiger partial charge < -0.3 is 4.90 Å². The molecule has 0 amide bonds. The molecule has 2 rings (SSSR count). The van der Waals surface area contributed by atoms with Crippen LogP contribution >= 0.6 is 11.6 Å². The number of rotatable bonds is 5. The molecule has 0 saturated heterocycles. The van der Waals surface area contributed by atoms with Crippen molar-refractivity contribution in [1.29, 1.82) is 5.26 Å². The Morgan fingerprint density at radius 1 is 1.24 bits per heavy atom. The lowest BCUT2D eigenvalue weighted by atomic mass is 10.2. The summed E-state index contributed by atoms with van der Waals surface area (Å²) >= 11 is 5.84. The summed E-state index contributed by atoms with van der Waals surface area (Å²) in [6.45, 7) is 0.364. The van der Waals surface area contributed by atoms with E-state index in [1.165, 1.54) is 6.07 Å². The number of nitro groups is 1. The zero-order chi connectivity index (χ0) is 15.2. The molecular weight excluding hydrogens is 290 g/mol. The van der Waals surface area contributed by atoms with Gasteiger partial charge in [-0.05, 0) is 24.3 Å². The molecule has 0 aliphatic rings. The van der Waals surface area contributed by atoms with Crippen molar-refractivity contribution in [3.8, 4) is 6.07 Å². The van der Waals surface area contributed by atoms with Crippen LogP contribution in [0.4, 0.5) is 17.1 Å². The van der Waals surface area contributed by atoms with Crippen LogP contribution < -0.4 is 4.90 Å². The normalized spacial score (nSPS) is 9.90. The topological polar surface area (TPSA) is 70.2 Å². The number of hydrogen-bond donors (Lipinski definition) is 0. The van der Waals surface area contributed by atoms with Gasteiger partial charge >= 0.3 is 0 Å². The molecule has 0 aromatic heterocycles. The maximum Gasteiger partial charge on any atom is 0.294 e. The van der Waals surface area contributed by atoms with Gasteiger partial charge in [-0.1, -0.05) is 29.8 Å². The van der Waals surface area contributed by atoms with Crippen LogP contribution in [0, 0.1) is 21.4 Å². The highest BCUT2D eigenvalue weighted by molar-refractivity contribution is 6.30. The van der Waals surface area contributed by atoms with Crippen LogP contribution in [0.25, 0.3) is 0 Å². The van der Waals surface area contributed by atoms with Gasteiger partial charge in [-0.2, -0.15) is 5.26 Å². The van der Waals surface area contributed by atoms with Gasteiger partial charge in [-0.3, -0.25) is 10.1 Å². The number of halogens is 1. The third kappa shape index (κ3) is 3.50. The van der Waals surface area contributed by atoms with Gasteiger partial charge in [0.15, 0.2) is 0 Å². The summed E-state index contributed by atoms with van der Waals surface area (Å²) in [5, 5.41) is 20.3. The van der Waals surface area contributed by atoms with Crippen molar-refractivity contribution in [2.45, 2.75) is 6.42 Å². The van der Waals surface area contributed by atoms with Crippen LogP contribution in [-0.2, 0) is 0 Å². The zero-order valence-corrected chi connectivity index (χ0v) is 11.8. The first-order chi connectivity index (χ1) is 10.1. The van der Waals surface area contributed by atoms with E-state index in [1.807, 2.05) is 30.3 Å². The Bertz CT molecular complexity index is 683. The monoisotopic (exact) mass is 301 g/mol. The van der Waals surface area contributed by atoms with E-state index in [4.69, 9.17) is 16.9 Å². The molecule has 0 radical (unpaired) electrons. The summed E-state index contributed by atoms with van der Waals surface area (Å²) in [4.78, 5) is 12.5. The highest BCUT2D eigenvalue weighted by Gasteiger charge is 2.20. The summed E-state index contributed by atoms with van der Waals surface area (Å²) in [5.41, 5.74) is 1.13. The second-order valence-electron chi connectivity index (χ2n) is 4.29. The molecule has 0 atom stereocenters. The van der Waals surface area contributed by atoms with Gasteiger partial charge in [0, 0.05) is 23.3 Å². The summed E-state index contributed by atoms with van der Waals surface area (Å²) in [6, 6.07) is 15.8. The van der Waals surface area contributed by atoms with Crippen LogP contribution in [0.15, 0.2) is 48.5 Å². The average molecular weight is 302 g/mol. The van der Waals surface area contributed by atoms with E-state index < -0.39 is 4.92 Å². The van der Waals surface area contributed by atoms with E-state index in [0.717, 1.165) is 5.69 Å². The second-order valence-corrected chi connectivity index (χ2v) is 4.72. The van der Waals surface area contributed by atoms with Gasteiger partial charge in [-0.15, -0.1) is 0 Å². The molecule has 0 aliphatic carbocycles. The largest absolute Gasteiger partial charge is 0.335 e. The van der Waals surface area contributed by atoms with Crippen LogP contribution in [-0.4, -0.2) is 11.5 Å². The third-order valence-corrected chi connectivity index (χ3v) is 3.18. The first-order valence-corrected chi connectivity index (χ1v) is 6.65. The van der Waals surface area contributed by atoms with Crippen molar-refractivity contribution in [2.75, 3.05) is 11.4 Å². The second kappa shape index (κ2) is 6.73. The fourth-order valence-electron chi connectivity index (χ4n) is 2.03. The van der Waals surface area contributed by atoms with E-state index in [0.29, 0.717) is 17.3 Å². The van der Waals surface area contributed by atoms with Crippen LogP contribution in [0.2, 0.25) is 5.02 Å². The molecule has 6 heteroatoms. The highest BCUT2D eigenvalue weighted by atomic mass is 35.5. The fraction of sp³-hybridized carbons (Fsp3) is 0.133. The highest BCUT2D eigenvalue weighted by Crippen LogP contribution is 2.35. The molecule has 0 heterocycles. The van der Waals surface area contributed by atoms with Crippen LogP contribution in [0.5, 0.6) is 0 Å². The molecule has 0 N–H and O–H groups in total. The Balaban J connectivity index is 2.52. The Kier molecular flexibility index (Phi) is 4.75. The zero-order valence-electron chi connectivity index (χ0n) is 11.1. The van der Waals surface area contributed by atoms with Gasteiger partial charge in [0.05, 0.1) is 17.4 Å². The Morgan fingerprint density at radius 2 is 1.95 bits per heavy atom. The smallest absolute Gasteiger partial charge is 0.294 e. The summed E-state index contributed by atoms with van der Waals surface area (Å²) in [5.74, 6) is 0. The molecule has 106 valence electrons. The maximum atomic E-state index is 11.2. The van der Waals surface area contributed by atoms with E-state index in [-0.39, 0.29) is 12.1 Å². The number of nitro benzene ring substituents is 1. The molecule has 2 aromatic carbocycles. The first kappa shape index (κ1) is 14.8. The molecule has 0 aliphatic heterocycles. The van der Waals surface area contributed by atoms with E-state index >= 15 is 0 Å². The predicted molar refractivity (Wildman–Crippen MR) is 81.8 cm³/mol. The molecule has 5 nitrogen and oxygen atoms in total. The Labute approximate surface area is 127 Å². The van der Waals surface area contributed by atoms with Crippen molar-refractivity contribution < 1.29 is 4.92 Å². The minimum Gasteiger partial charge on any atom is -0.335 e. The summed E-state index contributed by atoms with van der Waals surface area (Å²) < 4.78 is 0. The summed E-state index contributed by atoms with van der Waals surface area (Å²) in [6.07, 6.45) is 0.259. The van der Waals surface area contributed by atoms with Gasteiger partial charge in [0.2, 0.25) is 0 Å². The van der Waals surface area contributed by atoms with Crippen molar-refractivity contribution in [3.05, 3.63) is 63.7 Å². The first-order valence-electron chi connectivity index (χ1n) is 6.27. The van der Waals surface area contributed by atoms with Crippen molar-refractivity contribution in [1.82, 2.24) is 0 Å². The quantitative estimate of drug-likeness (QED) is 0.610. The lowest BCUT2D eigenvalue weighted by Gasteiger charge is -2.23. The van der Waals surface area contributed by atoms with Crippen molar-refractivity contribution in [3.63, 3.8) is 0 Å². The van der Waals surface area contributed by atoms with E-state index in [1.54, 1.807) is 17.0 Å². The van der Waals surface area contributed by atoms with Crippen LogP contribution in [0.3, 0.4) is 0 Å². The molecule has 0 spiro atoms.